The molecule has 0 aromatic rings. The van der Waals surface area contributed by atoms with Crippen molar-refractivity contribution in [1.29, 1.82) is 0 Å². The lowest BCUT2D eigenvalue weighted by atomic mass is 9.86. The fourth-order valence-corrected chi connectivity index (χ4v) is 3.22. The van der Waals surface area contributed by atoms with Gasteiger partial charge in [0.05, 0.1) is 12.7 Å². The van der Waals surface area contributed by atoms with Gasteiger partial charge in [-0.15, -0.1) is 0 Å². The highest BCUT2D eigenvalue weighted by molar-refractivity contribution is 5.16. The molecule has 4 atom stereocenters. The number of hydrogen-bond acceptors (Lipinski definition) is 1. The van der Waals surface area contributed by atoms with Crippen molar-refractivity contribution in [3.05, 3.63) is 23.8 Å². The van der Waals surface area contributed by atoms with Crippen LogP contribution in [0, 0.1) is 17.8 Å². The third kappa shape index (κ3) is 1.35. The smallest absolute Gasteiger partial charge is 0.0792 e. The van der Waals surface area contributed by atoms with Gasteiger partial charge < -0.3 is 4.74 Å². The lowest BCUT2D eigenvalue weighted by molar-refractivity contribution is 0.0287. The molecule has 76 valence electrons. The molecule has 3 rings (SSSR count). The summed E-state index contributed by atoms with van der Waals surface area (Å²) in [6, 6.07) is 0. The first-order chi connectivity index (χ1) is 6.83. The second-order valence-corrected chi connectivity index (χ2v) is 5.04. The van der Waals surface area contributed by atoms with Crippen LogP contribution in [0.25, 0.3) is 0 Å². The average Bonchev–Trinajstić information content (AvgIpc) is 2.78. The Kier molecular flexibility index (Phi) is 2.01. The van der Waals surface area contributed by atoms with Gasteiger partial charge in [0, 0.05) is 0 Å². The van der Waals surface area contributed by atoms with Crippen LogP contribution in [0.15, 0.2) is 23.8 Å². The molecular formula is C13H18O. The lowest BCUT2D eigenvalue weighted by Gasteiger charge is -2.29. The molecule has 0 N–H and O–H groups in total. The first-order valence-corrected chi connectivity index (χ1v) is 5.80. The Bertz CT molecular complexity index is 290. The van der Waals surface area contributed by atoms with Crippen molar-refractivity contribution < 1.29 is 4.74 Å². The molecule has 2 bridgehead atoms. The number of hydrogen-bond donors (Lipinski definition) is 0. The molecule has 0 spiro atoms. The maximum absolute atomic E-state index is 5.87. The van der Waals surface area contributed by atoms with Gasteiger partial charge in [0.25, 0.3) is 0 Å². The van der Waals surface area contributed by atoms with E-state index in [1.807, 2.05) is 0 Å². The van der Waals surface area contributed by atoms with E-state index in [1.165, 1.54) is 18.4 Å². The summed E-state index contributed by atoms with van der Waals surface area (Å²) in [7, 11) is 0. The molecular weight excluding hydrogens is 172 g/mol. The molecule has 1 heterocycles. The Morgan fingerprint density at radius 2 is 2.21 bits per heavy atom. The topological polar surface area (TPSA) is 9.23 Å². The predicted octanol–water partition coefficient (Wildman–Crippen LogP) is 2.93. The van der Waals surface area contributed by atoms with Crippen LogP contribution in [0.4, 0.5) is 0 Å². The molecule has 0 amide bonds. The second kappa shape index (κ2) is 3.23. The molecule has 1 nitrogen and oxygen atoms in total. The minimum Gasteiger partial charge on any atom is -0.374 e. The lowest BCUT2D eigenvalue weighted by Crippen LogP contribution is -2.28. The highest BCUT2D eigenvalue weighted by Crippen LogP contribution is 2.46. The zero-order valence-electron chi connectivity index (χ0n) is 8.78. The van der Waals surface area contributed by atoms with Crippen LogP contribution in [0.2, 0.25) is 0 Å². The SMILES string of the molecule is CC1=CC(C2CC3C=CC2C3)OCC1. The fraction of sp³-hybridized carbons (Fsp3) is 0.692. The molecule has 1 aliphatic heterocycles. The van der Waals surface area contributed by atoms with Gasteiger partial charge in [-0.1, -0.05) is 23.8 Å². The second-order valence-electron chi connectivity index (χ2n) is 5.04. The van der Waals surface area contributed by atoms with Crippen LogP contribution in [0.1, 0.15) is 26.2 Å². The zero-order chi connectivity index (χ0) is 9.54. The van der Waals surface area contributed by atoms with Gasteiger partial charge in [0.1, 0.15) is 0 Å². The molecule has 14 heavy (non-hydrogen) atoms. The van der Waals surface area contributed by atoms with Crippen molar-refractivity contribution in [2.75, 3.05) is 6.61 Å². The Morgan fingerprint density at radius 1 is 1.29 bits per heavy atom. The Hall–Kier alpha value is -0.560. The molecule has 0 aromatic heterocycles. The summed E-state index contributed by atoms with van der Waals surface area (Å²) in [6.45, 7) is 3.17. The molecule has 1 saturated carbocycles. The van der Waals surface area contributed by atoms with Crippen LogP contribution in [0.3, 0.4) is 0 Å². The standard InChI is InChI=1S/C13H18O/c1-9-4-5-14-13(6-9)12-8-10-2-3-11(12)7-10/h2-3,6,10-13H,4-5,7-8H2,1H3. The molecule has 0 aromatic carbocycles. The summed E-state index contributed by atoms with van der Waals surface area (Å²) >= 11 is 0. The number of ether oxygens (including phenoxy) is 1. The van der Waals surface area contributed by atoms with Crippen molar-refractivity contribution in [2.45, 2.75) is 32.3 Å². The quantitative estimate of drug-likeness (QED) is 0.578. The predicted molar refractivity (Wildman–Crippen MR) is 57.0 cm³/mol. The van der Waals surface area contributed by atoms with Crippen LogP contribution in [0.5, 0.6) is 0 Å². The maximum atomic E-state index is 5.87. The third-order valence-corrected chi connectivity index (χ3v) is 4.01. The van der Waals surface area contributed by atoms with Crippen molar-refractivity contribution >= 4 is 0 Å². The van der Waals surface area contributed by atoms with E-state index < -0.39 is 0 Å². The molecule has 1 heteroatoms. The highest BCUT2D eigenvalue weighted by Gasteiger charge is 2.40. The molecule has 3 aliphatic rings. The molecule has 1 fully saturated rings. The van der Waals surface area contributed by atoms with Gasteiger partial charge in [0.15, 0.2) is 0 Å². The minimum absolute atomic E-state index is 0.420. The summed E-state index contributed by atoms with van der Waals surface area (Å²) in [6.07, 6.45) is 11.5. The van der Waals surface area contributed by atoms with E-state index >= 15 is 0 Å². The van der Waals surface area contributed by atoms with Crippen molar-refractivity contribution in [2.24, 2.45) is 17.8 Å². The van der Waals surface area contributed by atoms with Crippen LogP contribution < -0.4 is 0 Å². The normalized spacial score (nSPS) is 45.6. The summed E-state index contributed by atoms with van der Waals surface area (Å²) in [5.41, 5.74) is 1.52. The van der Waals surface area contributed by atoms with E-state index in [4.69, 9.17) is 4.74 Å². The zero-order valence-corrected chi connectivity index (χ0v) is 8.78. The minimum atomic E-state index is 0.420. The largest absolute Gasteiger partial charge is 0.374 e. The van der Waals surface area contributed by atoms with Crippen molar-refractivity contribution in [3.63, 3.8) is 0 Å². The van der Waals surface area contributed by atoms with E-state index in [0.717, 1.165) is 30.8 Å². The molecule has 2 aliphatic carbocycles. The van der Waals surface area contributed by atoms with Gasteiger partial charge in [-0.05, 0) is 43.9 Å². The summed E-state index contributed by atoms with van der Waals surface area (Å²) in [5.74, 6) is 2.46. The summed E-state index contributed by atoms with van der Waals surface area (Å²) in [4.78, 5) is 0. The monoisotopic (exact) mass is 190 g/mol. The van der Waals surface area contributed by atoms with Gasteiger partial charge in [-0.3, -0.25) is 0 Å². The van der Waals surface area contributed by atoms with E-state index in [9.17, 15) is 0 Å². The van der Waals surface area contributed by atoms with E-state index in [1.54, 1.807) is 0 Å². The Balaban J connectivity index is 1.77. The van der Waals surface area contributed by atoms with Crippen LogP contribution in [-0.2, 0) is 4.74 Å². The first kappa shape index (κ1) is 8.72. The Labute approximate surface area is 85.8 Å². The van der Waals surface area contributed by atoms with Gasteiger partial charge >= 0.3 is 0 Å². The first-order valence-electron chi connectivity index (χ1n) is 5.80. The number of rotatable bonds is 1. The highest BCUT2D eigenvalue weighted by atomic mass is 16.5. The summed E-state index contributed by atoms with van der Waals surface area (Å²) in [5, 5.41) is 0. The van der Waals surface area contributed by atoms with Crippen LogP contribution >= 0.6 is 0 Å². The van der Waals surface area contributed by atoms with Gasteiger partial charge in [0.2, 0.25) is 0 Å². The molecule has 0 radical (unpaired) electrons. The van der Waals surface area contributed by atoms with Gasteiger partial charge in [-0.2, -0.15) is 0 Å². The molecule has 0 saturated heterocycles. The summed E-state index contributed by atoms with van der Waals surface area (Å²) < 4.78 is 5.87. The van der Waals surface area contributed by atoms with Crippen molar-refractivity contribution in [3.8, 4) is 0 Å². The van der Waals surface area contributed by atoms with Crippen molar-refractivity contribution in [1.82, 2.24) is 0 Å². The van der Waals surface area contributed by atoms with Gasteiger partial charge in [-0.25, -0.2) is 0 Å². The Morgan fingerprint density at radius 3 is 2.86 bits per heavy atom. The van der Waals surface area contributed by atoms with E-state index in [-0.39, 0.29) is 0 Å². The number of allylic oxidation sites excluding steroid dienone is 2. The van der Waals surface area contributed by atoms with Crippen LogP contribution in [-0.4, -0.2) is 12.7 Å². The van der Waals surface area contributed by atoms with E-state index in [2.05, 4.69) is 25.2 Å². The fourth-order valence-electron chi connectivity index (χ4n) is 3.22. The average molecular weight is 190 g/mol. The third-order valence-electron chi connectivity index (χ3n) is 4.01. The van der Waals surface area contributed by atoms with E-state index in [0.29, 0.717) is 6.10 Å². The number of fused-ring (bicyclic) bond motifs is 2. The maximum Gasteiger partial charge on any atom is 0.0792 e. The molecule has 4 unspecified atom stereocenters.